The van der Waals surface area contributed by atoms with E-state index in [1.165, 1.54) is 6.07 Å². The molecule has 1 aromatic rings. The third-order valence-electron chi connectivity index (χ3n) is 2.85. The standard InChI is InChI=1S/C13H19N3O4/c1-9-6-11(12(16(18)19)7-10(9)2)15-13(17)8-14-4-5-20-3/h6-7,14H,4-5,8H2,1-3H3,(H,15,17). The number of rotatable bonds is 7. The van der Waals surface area contributed by atoms with Crippen molar-refractivity contribution in [2.45, 2.75) is 13.8 Å². The lowest BCUT2D eigenvalue weighted by molar-refractivity contribution is -0.384. The normalized spacial score (nSPS) is 10.3. The van der Waals surface area contributed by atoms with Crippen molar-refractivity contribution in [3.05, 3.63) is 33.4 Å². The molecule has 110 valence electrons. The molecule has 1 aromatic carbocycles. The number of aryl methyl sites for hydroxylation is 2. The fraction of sp³-hybridized carbons (Fsp3) is 0.462. The molecule has 0 aliphatic carbocycles. The molecular formula is C13H19N3O4. The van der Waals surface area contributed by atoms with Crippen LogP contribution in [0.1, 0.15) is 11.1 Å². The molecule has 0 unspecified atom stereocenters. The monoisotopic (exact) mass is 281 g/mol. The molecule has 7 nitrogen and oxygen atoms in total. The first-order chi connectivity index (χ1) is 9.45. The smallest absolute Gasteiger partial charge is 0.293 e. The van der Waals surface area contributed by atoms with E-state index in [-0.39, 0.29) is 23.8 Å². The summed E-state index contributed by atoms with van der Waals surface area (Å²) in [6, 6.07) is 3.07. The van der Waals surface area contributed by atoms with Gasteiger partial charge in [0.05, 0.1) is 18.1 Å². The van der Waals surface area contributed by atoms with Crippen molar-refractivity contribution in [1.29, 1.82) is 0 Å². The maximum atomic E-state index is 11.7. The molecule has 20 heavy (non-hydrogen) atoms. The summed E-state index contributed by atoms with van der Waals surface area (Å²) in [6.45, 7) is 4.75. The molecule has 0 fully saturated rings. The largest absolute Gasteiger partial charge is 0.383 e. The zero-order valence-corrected chi connectivity index (χ0v) is 11.9. The lowest BCUT2D eigenvalue weighted by atomic mass is 10.1. The van der Waals surface area contributed by atoms with Crippen LogP contribution in [0.25, 0.3) is 0 Å². The van der Waals surface area contributed by atoms with Crippen LogP contribution in [0.5, 0.6) is 0 Å². The summed E-state index contributed by atoms with van der Waals surface area (Å²) < 4.78 is 4.84. The van der Waals surface area contributed by atoms with E-state index in [4.69, 9.17) is 4.74 Å². The van der Waals surface area contributed by atoms with E-state index < -0.39 is 4.92 Å². The van der Waals surface area contributed by atoms with Crippen molar-refractivity contribution in [1.82, 2.24) is 5.32 Å². The number of carbonyl (C=O) groups excluding carboxylic acids is 1. The highest BCUT2D eigenvalue weighted by Crippen LogP contribution is 2.27. The van der Waals surface area contributed by atoms with Gasteiger partial charge < -0.3 is 15.4 Å². The zero-order chi connectivity index (χ0) is 15.1. The molecule has 0 aromatic heterocycles. The van der Waals surface area contributed by atoms with E-state index in [2.05, 4.69) is 10.6 Å². The Kier molecular flexibility index (Phi) is 6.08. The molecule has 0 aliphatic heterocycles. The number of methoxy groups -OCH3 is 1. The van der Waals surface area contributed by atoms with Gasteiger partial charge in [0.15, 0.2) is 0 Å². The van der Waals surface area contributed by atoms with Gasteiger partial charge >= 0.3 is 0 Å². The summed E-state index contributed by atoms with van der Waals surface area (Å²) in [6.07, 6.45) is 0. The average Bonchev–Trinajstić information content (AvgIpc) is 2.38. The first-order valence-electron chi connectivity index (χ1n) is 6.21. The minimum Gasteiger partial charge on any atom is -0.383 e. The quantitative estimate of drug-likeness (QED) is 0.447. The lowest BCUT2D eigenvalue weighted by Crippen LogP contribution is -2.30. The van der Waals surface area contributed by atoms with Gasteiger partial charge in [0, 0.05) is 19.7 Å². The first-order valence-corrected chi connectivity index (χ1v) is 6.21. The second-order valence-electron chi connectivity index (χ2n) is 4.43. The van der Waals surface area contributed by atoms with Gasteiger partial charge in [-0.05, 0) is 31.0 Å². The fourth-order valence-corrected chi connectivity index (χ4v) is 1.62. The summed E-state index contributed by atoms with van der Waals surface area (Å²) in [4.78, 5) is 22.2. The summed E-state index contributed by atoms with van der Waals surface area (Å²) in [5.41, 5.74) is 1.82. The predicted molar refractivity (Wildman–Crippen MR) is 75.9 cm³/mol. The topological polar surface area (TPSA) is 93.5 Å². The minimum atomic E-state index is -0.500. The molecule has 0 aliphatic rings. The maximum absolute atomic E-state index is 11.7. The maximum Gasteiger partial charge on any atom is 0.293 e. The van der Waals surface area contributed by atoms with Crippen molar-refractivity contribution in [3.63, 3.8) is 0 Å². The predicted octanol–water partition coefficient (Wildman–Crippen LogP) is 1.39. The SMILES string of the molecule is COCCNCC(=O)Nc1cc(C)c(C)cc1[N+](=O)[O-]. The van der Waals surface area contributed by atoms with Crippen LogP contribution in [0, 0.1) is 24.0 Å². The first kappa shape index (κ1) is 16.1. The zero-order valence-electron chi connectivity index (χ0n) is 11.9. The van der Waals surface area contributed by atoms with Crippen LogP contribution in [0.3, 0.4) is 0 Å². The second kappa shape index (κ2) is 7.56. The van der Waals surface area contributed by atoms with Gasteiger partial charge in [0.25, 0.3) is 5.69 Å². The molecule has 1 amide bonds. The van der Waals surface area contributed by atoms with Crippen molar-refractivity contribution < 1.29 is 14.5 Å². The van der Waals surface area contributed by atoms with Gasteiger partial charge in [-0.2, -0.15) is 0 Å². The highest BCUT2D eigenvalue weighted by molar-refractivity contribution is 5.94. The third kappa shape index (κ3) is 4.60. The number of hydrogen-bond donors (Lipinski definition) is 2. The van der Waals surface area contributed by atoms with Crippen molar-refractivity contribution in [2.24, 2.45) is 0 Å². The van der Waals surface area contributed by atoms with Crippen molar-refractivity contribution in [3.8, 4) is 0 Å². The summed E-state index contributed by atoms with van der Waals surface area (Å²) in [5.74, 6) is -0.326. The van der Waals surface area contributed by atoms with Gasteiger partial charge in [0.2, 0.25) is 5.91 Å². The lowest BCUT2D eigenvalue weighted by Gasteiger charge is -2.09. The molecule has 0 saturated heterocycles. The Morgan fingerprint density at radius 2 is 2.00 bits per heavy atom. The second-order valence-corrected chi connectivity index (χ2v) is 4.43. The number of ether oxygens (including phenoxy) is 1. The summed E-state index contributed by atoms with van der Waals surface area (Å²) in [7, 11) is 1.57. The Morgan fingerprint density at radius 1 is 1.35 bits per heavy atom. The number of amides is 1. The number of nitrogens with one attached hydrogen (secondary N) is 2. The molecular weight excluding hydrogens is 262 g/mol. The van der Waals surface area contributed by atoms with Gasteiger partial charge in [-0.3, -0.25) is 14.9 Å². The van der Waals surface area contributed by atoms with Crippen molar-refractivity contribution >= 4 is 17.3 Å². The van der Waals surface area contributed by atoms with Crippen molar-refractivity contribution in [2.75, 3.05) is 32.1 Å². The number of nitrogens with zero attached hydrogens (tertiary/aromatic N) is 1. The average molecular weight is 281 g/mol. The van der Waals surface area contributed by atoms with Crippen LogP contribution in [-0.2, 0) is 9.53 Å². The van der Waals surface area contributed by atoms with E-state index in [0.29, 0.717) is 13.2 Å². The van der Waals surface area contributed by atoms with Crippen LogP contribution in [0.15, 0.2) is 12.1 Å². The molecule has 1 rings (SSSR count). The molecule has 0 heterocycles. The number of benzene rings is 1. The number of nitro benzene ring substituents is 1. The Labute approximate surface area is 117 Å². The highest BCUT2D eigenvalue weighted by atomic mass is 16.6. The van der Waals surface area contributed by atoms with E-state index in [9.17, 15) is 14.9 Å². The third-order valence-corrected chi connectivity index (χ3v) is 2.85. The Hall–Kier alpha value is -1.99. The molecule has 0 atom stereocenters. The molecule has 2 N–H and O–H groups in total. The Bertz CT molecular complexity index is 503. The van der Waals surface area contributed by atoms with Gasteiger partial charge in [-0.1, -0.05) is 0 Å². The van der Waals surface area contributed by atoms with Crippen LogP contribution in [0.4, 0.5) is 11.4 Å². The van der Waals surface area contributed by atoms with E-state index in [1.54, 1.807) is 20.1 Å². The number of anilines is 1. The minimum absolute atomic E-state index is 0.0768. The van der Waals surface area contributed by atoms with Crippen LogP contribution >= 0.6 is 0 Å². The van der Waals surface area contributed by atoms with Crippen LogP contribution in [0.2, 0.25) is 0 Å². The summed E-state index contributed by atoms with van der Waals surface area (Å²) in [5, 5.41) is 16.4. The number of nitro groups is 1. The highest BCUT2D eigenvalue weighted by Gasteiger charge is 2.17. The molecule has 7 heteroatoms. The van der Waals surface area contributed by atoms with Gasteiger partial charge in [0.1, 0.15) is 5.69 Å². The van der Waals surface area contributed by atoms with Gasteiger partial charge in [-0.15, -0.1) is 0 Å². The van der Waals surface area contributed by atoms with Gasteiger partial charge in [-0.25, -0.2) is 0 Å². The van der Waals surface area contributed by atoms with E-state index in [1.807, 2.05) is 6.92 Å². The molecule has 0 bridgehead atoms. The van der Waals surface area contributed by atoms with Crippen LogP contribution in [-0.4, -0.2) is 37.6 Å². The fourth-order valence-electron chi connectivity index (χ4n) is 1.62. The van der Waals surface area contributed by atoms with E-state index in [0.717, 1.165) is 11.1 Å². The molecule has 0 saturated carbocycles. The Balaban J connectivity index is 2.73. The van der Waals surface area contributed by atoms with E-state index >= 15 is 0 Å². The molecule has 0 spiro atoms. The number of carbonyl (C=O) groups is 1. The number of hydrogen-bond acceptors (Lipinski definition) is 5. The molecule has 0 radical (unpaired) electrons. The Morgan fingerprint density at radius 3 is 2.60 bits per heavy atom. The summed E-state index contributed by atoms with van der Waals surface area (Å²) >= 11 is 0. The van der Waals surface area contributed by atoms with Crippen LogP contribution < -0.4 is 10.6 Å².